The standard InChI is InChI=1S/C33H31N/c1-3-11-23(12-4-1)26-18-19-27(24-13-5-2-6-14-24)30-29(26)28-17-9-22-34-32(28)31(30)33(20-10-21-33)25-15-7-8-16-25/h1-6,9,11-14,17-19,22,25,34H,7-8,10,15-16,20-21H2. The van der Waals surface area contributed by atoms with Gasteiger partial charge in [-0.25, -0.2) is 0 Å². The van der Waals surface area contributed by atoms with Gasteiger partial charge in [-0.15, -0.1) is 0 Å². The van der Waals surface area contributed by atoms with Gasteiger partial charge in [0.15, 0.2) is 0 Å². The molecule has 2 fully saturated rings. The molecule has 0 unspecified atom stereocenters. The lowest BCUT2D eigenvalue weighted by Gasteiger charge is -2.48. The van der Waals surface area contributed by atoms with Gasteiger partial charge in [0, 0.05) is 17.2 Å². The first kappa shape index (κ1) is 20.1. The van der Waals surface area contributed by atoms with Crippen molar-refractivity contribution < 1.29 is 0 Å². The minimum absolute atomic E-state index is 0.313. The highest BCUT2D eigenvalue weighted by atomic mass is 14.7. The monoisotopic (exact) mass is 441 g/mol. The van der Waals surface area contributed by atoms with Gasteiger partial charge in [0.25, 0.3) is 0 Å². The lowest BCUT2D eigenvalue weighted by molar-refractivity contribution is 0.150. The third kappa shape index (κ3) is 2.86. The summed E-state index contributed by atoms with van der Waals surface area (Å²) in [6.45, 7) is 0. The maximum atomic E-state index is 3.76. The number of aromatic nitrogens is 1. The van der Waals surface area contributed by atoms with Crippen LogP contribution in [0.2, 0.25) is 0 Å². The van der Waals surface area contributed by atoms with Crippen LogP contribution in [0.5, 0.6) is 0 Å². The molecule has 2 saturated carbocycles. The first-order chi connectivity index (χ1) is 16.9. The van der Waals surface area contributed by atoms with Crippen LogP contribution in [0.15, 0.2) is 91.1 Å². The molecule has 0 radical (unpaired) electrons. The number of nitrogens with one attached hydrogen (secondary N) is 1. The fourth-order valence-electron chi connectivity index (χ4n) is 7.23. The molecule has 1 aliphatic heterocycles. The first-order valence-electron chi connectivity index (χ1n) is 13.0. The third-order valence-electron chi connectivity index (χ3n) is 8.88. The molecule has 7 rings (SSSR count). The second-order valence-corrected chi connectivity index (χ2v) is 10.5. The zero-order chi connectivity index (χ0) is 22.5. The maximum absolute atomic E-state index is 3.76. The zero-order valence-electron chi connectivity index (χ0n) is 19.7. The van der Waals surface area contributed by atoms with Crippen LogP contribution in [0.3, 0.4) is 0 Å². The Kier molecular flexibility index (Phi) is 4.65. The molecule has 3 aromatic carbocycles. The molecule has 1 nitrogen and oxygen atoms in total. The number of hydrogen-bond acceptors (Lipinski definition) is 0. The molecule has 1 heterocycles. The van der Waals surface area contributed by atoms with E-state index in [0.29, 0.717) is 5.41 Å². The van der Waals surface area contributed by atoms with Gasteiger partial charge in [0.2, 0.25) is 0 Å². The molecule has 0 amide bonds. The van der Waals surface area contributed by atoms with Crippen LogP contribution >= 0.6 is 0 Å². The molecule has 0 saturated heterocycles. The van der Waals surface area contributed by atoms with Crippen molar-refractivity contribution in [3.8, 4) is 33.5 Å². The van der Waals surface area contributed by atoms with E-state index in [2.05, 4.69) is 96.1 Å². The van der Waals surface area contributed by atoms with Crippen molar-refractivity contribution >= 4 is 10.8 Å². The number of pyridine rings is 1. The Balaban J connectivity index is 1.63. The van der Waals surface area contributed by atoms with Crippen molar-refractivity contribution in [2.24, 2.45) is 5.92 Å². The van der Waals surface area contributed by atoms with Crippen molar-refractivity contribution in [2.75, 3.05) is 0 Å². The molecule has 1 heteroatoms. The van der Waals surface area contributed by atoms with Crippen LogP contribution in [-0.4, -0.2) is 4.98 Å². The fraction of sp³-hybridized carbons (Fsp3) is 0.273. The predicted octanol–water partition coefficient (Wildman–Crippen LogP) is 9.22. The van der Waals surface area contributed by atoms with Crippen LogP contribution in [0, 0.1) is 5.92 Å². The van der Waals surface area contributed by atoms with E-state index in [0.717, 1.165) is 5.92 Å². The molecule has 1 N–H and O–H groups in total. The molecular weight excluding hydrogens is 410 g/mol. The Hall–Kier alpha value is -3.32. The molecule has 0 aromatic heterocycles. The van der Waals surface area contributed by atoms with E-state index in [-0.39, 0.29) is 0 Å². The summed E-state index contributed by atoms with van der Waals surface area (Å²) in [5.41, 5.74) is 10.1. The van der Waals surface area contributed by atoms with Crippen molar-refractivity contribution in [2.45, 2.75) is 50.4 Å². The minimum atomic E-state index is 0.313. The number of hydrogen-bond donors (Lipinski definition) is 1. The summed E-state index contributed by atoms with van der Waals surface area (Å²) < 4.78 is 0. The fourth-order valence-corrected chi connectivity index (χ4v) is 7.23. The second-order valence-electron chi connectivity index (χ2n) is 10.5. The Morgan fingerprint density at radius 3 is 1.79 bits per heavy atom. The highest BCUT2D eigenvalue weighted by Crippen LogP contribution is 2.61. The number of benzene rings is 3. The number of rotatable bonds is 4. The summed E-state index contributed by atoms with van der Waals surface area (Å²) in [5.74, 6) is 0.813. The van der Waals surface area contributed by atoms with Crippen molar-refractivity contribution in [3.05, 3.63) is 96.7 Å². The molecule has 168 valence electrons. The molecule has 4 aliphatic rings. The van der Waals surface area contributed by atoms with Gasteiger partial charge >= 0.3 is 0 Å². The second kappa shape index (κ2) is 7.87. The quantitative estimate of drug-likeness (QED) is 0.286. The lowest BCUT2D eigenvalue weighted by Crippen LogP contribution is -2.41. The Labute approximate surface area is 202 Å². The normalized spacial score (nSPS) is 17.9. The Morgan fingerprint density at radius 2 is 1.21 bits per heavy atom. The van der Waals surface area contributed by atoms with E-state index in [1.807, 2.05) is 0 Å². The van der Waals surface area contributed by atoms with Gasteiger partial charge < -0.3 is 4.98 Å². The highest BCUT2D eigenvalue weighted by molar-refractivity contribution is 6.18. The van der Waals surface area contributed by atoms with Gasteiger partial charge in [-0.2, -0.15) is 0 Å². The lowest BCUT2D eigenvalue weighted by atomic mass is 9.56. The highest BCUT2D eigenvalue weighted by Gasteiger charge is 2.49. The van der Waals surface area contributed by atoms with Crippen molar-refractivity contribution in [3.63, 3.8) is 0 Å². The average Bonchev–Trinajstić information content (AvgIpc) is 3.52. The van der Waals surface area contributed by atoms with Crippen LogP contribution in [0.4, 0.5) is 0 Å². The van der Waals surface area contributed by atoms with E-state index >= 15 is 0 Å². The van der Waals surface area contributed by atoms with Gasteiger partial charge in [-0.05, 0) is 76.3 Å². The molecule has 0 atom stereocenters. The van der Waals surface area contributed by atoms with Crippen LogP contribution in [0.25, 0.3) is 44.3 Å². The van der Waals surface area contributed by atoms with Crippen molar-refractivity contribution in [1.82, 2.24) is 4.98 Å². The van der Waals surface area contributed by atoms with Crippen LogP contribution in [-0.2, 0) is 5.41 Å². The average molecular weight is 442 g/mol. The summed E-state index contributed by atoms with van der Waals surface area (Å²) in [6.07, 6.45) is 11.7. The molecule has 0 spiro atoms. The van der Waals surface area contributed by atoms with Gasteiger partial charge in [0.1, 0.15) is 0 Å². The summed E-state index contributed by atoms with van der Waals surface area (Å²) in [4.78, 5) is 3.76. The molecule has 0 bridgehead atoms. The molecule has 3 aliphatic carbocycles. The van der Waals surface area contributed by atoms with Crippen LogP contribution < -0.4 is 0 Å². The number of fused-ring (bicyclic) bond motifs is 3. The Morgan fingerprint density at radius 1 is 0.588 bits per heavy atom. The summed E-state index contributed by atoms with van der Waals surface area (Å²) in [5, 5.41) is 2.93. The maximum Gasteiger partial charge on any atom is 0.0504 e. The van der Waals surface area contributed by atoms with E-state index in [1.54, 1.807) is 5.56 Å². The minimum Gasteiger partial charge on any atom is -0.361 e. The van der Waals surface area contributed by atoms with Crippen molar-refractivity contribution in [1.29, 1.82) is 0 Å². The largest absolute Gasteiger partial charge is 0.361 e. The molecular formula is C33H31N. The number of H-pyrrole nitrogens is 1. The molecule has 3 aromatic rings. The zero-order valence-corrected chi connectivity index (χ0v) is 19.7. The summed E-state index contributed by atoms with van der Waals surface area (Å²) in [6, 6.07) is 31.3. The van der Waals surface area contributed by atoms with E-state index < -0.39 is 0 Å². The predicted molar refractivity (Wildman–Crippen MR) is 143 cm³/mol. The molecule has 34 heavy (non-hydrogen) atoms. The summed E-state index contributed by atoms with van der Waals surface area (Å²) >= 11 is 0. The van der Waals surface area contributed by atoms with Crippen LogP contribution in [0.1, 0.15) is 50.5 Å². The smallest absolute Gasteiger partial charge is 0.0504 e. The van der Waals surface area contributed by atoms with E-state index in [9.17, 15) is 0 Å². The first-order valence-corrected chi connectivity index (χ1v) is 13.0. The summed E-state index contributed by atoms with van der Waals surface area (Å²) in [7, 11) is 0. The van der Waals surface area contributed by atoms with E-state index in [1.165, 1.54) is 89.2 Å². The Bertz CT molecular complexity index is 1420. The van der Waals surface area contributed by atoms with Gasteiger partial charge in [0.05, 0.1) is 5.69 Å². The SMILES string of the molecule is c1ccc(-c2ccc(-c3ccccc3)c3c(C4(C5CCCC5)CCC4)c4[nH]cccc-4c23)cc1. The van der Waals surface area contributed by atoms with Gasteiger partial charge in [-0.1, -0.05) is 98.1 Å². The van der Waals surface area contributed by atoms with E-state index in [4.69, 9.17) is 0 Å². The number of aromatic amines is 1. The third-order valence-corrected chi connectivity index (χ3v) is 8.88. The van der Waals surface area contributed by atoms with Gasteiger partial charge in [-0.3, -0.25) is 0 Å². The topological polar surface area (TPSA) is 15.8 Å².